The molecule has 0 radical (unpaired) electrons. The second kappa shape index (κ2) is 4.87. The molecular formula is C14H18Cl2O3S. The molecule has 1 aromatic carbocycles. The average Bonchev–Trinajstić information content (AvgIpc) is 2.69. The van der Waals surface area contributed by atoms with E-state index in [1.165, 1.54) is 12.1 Å². The van der Waals surface area contributed by atoms with Gasteiger partial charge in [0.05, 0.1) is 11.0 Å². The summed E-state index contributed by atoms with van der Waals surface area (Å²) in [6.07, 6.45) is -0.577. The molecule has 1 aromatic rings. The van der Waals surface area contributed by atoms with Crippen LogP contribution in [0.4, 0.5) is 0 Å². The highest BCUT2D eigenvalue weighted by atomic mass is 35.5. The number of halogens is 2. The number of alkyl halides is 2. The Bertz CT molecular complexity index is 592. The molecule has 0 bridgehead atoms. The Morgan fingerprint density at radius 2 is 1.65 bits per heavy atom. The number of hydrogen-bond acceptors (Lipinski definition) is 3. The lowest BCUT2D eigenvalue weighted by atomic mass is 10.1. The first-order valence-corrected chi connectivity index (χ1v) is 8.54. The van der Waals surface area contributed by atoms with E-state index in [-0.39, 0.29) is 16.2 Å². The first-order valence-electron chi connectivity index (χ1n) is 6.38. The summed E-state index contributed by atoms with van der Waals surface area (Å²) >= 11 is 12.4. The van der Waals surface area contributed by atoms with Crippen molar-refractivity contribution in [2.24, 2.45) is 11.3 Å². The Labute approximate surface area is 130 Å². The number of rotatable bonds is 4. The van der Waals surface area contributed by atoms with Crippen LogP contribution in [0.15, 0.2) is 29.2 Å². The van der Waals surface area contributed by atoms with Crippen LogP contribution in [0.1, 0.15) is 26.3 Å². The Morgan fingerprint density at radius 3 is 2.05 bits per heavy atom. The zero-order valence-electron chi connectivity index (χ0n) is 11.9. The van der Waals surface area contributed by atoms with Gasteiger partial charge in [-0.3, -0.25) is 4.18 Å². The van der Waals surface area contributed by atoms with E-state index in [0.29, 0.717) is 0 Å². The van der Waals surface area contributed by atoms with Gasteiger partial charge in [0.2, 0.25) is 0 Å². The maximum absolute atomic E-state index is 12.2. The van der Waals surface area contributed by atoms with Gasteiger partial charge in [0, 0.05) is 11.3 Å². The molecule has 6 heteroatoms. The fourth-order valence-electron chi connectivity index (χ4n) is 2.59. The van der Waals surface area contributed by atoms with Crippen molar-refractivity contribution >= 4 is 33.3 Å². The molecule has 0 aliphatic heterocycles. The lowest BCUT2D eigenvalue weighted by molar-refractivity contribution is 0.188. The topological polar surface area (TPSA) is 43.4 Å². The van der Waals surface area contributed by atoms with Crippen LogP contribution >= 0.6 is 23.2 Å². The van der Waals surface area contributed by atoms with Crippen LogP contribution in [0.2, 0.25) is 0 Å². The predicted molar refractivity (Wildman–Crippen MR) is 80.6 cm³/mol. The molecular weight excluding hydrogens is 319 g/mol. The summed E-state index contributed by atoms with van der Waals surface area (Å²) in [5, 5.41) is 0. The molecule has 2 unspecified atom stereocenters. The summed E-state index contributed by atoms with van der Waals surface area (Å²) in [7, 11) is -3.80. The van der Waals surface area contributed by atoms with Crippen LogP contribution in [0.5, 0.6) is 0 Å². The molecule has 2 rings (SSSR count). The smallest absolute Gasteiger partial charge is 0.263 e. The fourth-order valence-corrected chi connectivity index (χ4v) is 4.71. The third-order valence-corrected chi connectivity index (χ3v) is 6.85. The molecule has 1 aliphatic rings. The summed E-state index contributed by atoms with van der Waals surface area (Å²) in [5.41, 5.74) is 0.624. The van der Waals surface area contributed by atoms with Gasteiger partial charge in [0.25, 0.3) is 10.1 Å². The predicted octanol–water partition coefficient (Wildman–Crippen LogP) is 3.92. The first kappa shape index (κ1) is 16.1. The highest BCUT2D eigenvalue weighted by Gasteiger charge is 2.72. The number of benzene rings is 1. The summed E-state index contributed by atoms with van der Waals surface area (Å²) in [4.78, 5) is 0.142. The molecule has 2 atom stereocenters. The lowest BCUT2D eigenvalue weighted by Crippen LogP contribution is -2.20. The summed E-state index contributed by atoms with van der Waals surface area (Å²) < 4.78 is 28.7. The highest BCUT2D eigenvalue weighted by molar-refractivity contribution is 7.86. The minimum absolute atomic E-state index is 0.142. The third kappa shape index (κ3) is 2.59. The van der Waals surface area contributed by atoms with Gasteiger partial charge in [-0.2, -0.15) is 8.42 Å². The van der Waals surface area contributed by atoms with E-state index in [9.17, 15) is 8.42 Å². The number of aryl methyl sites for hydroxylation is 1. The molecule has 0 saturated heterocycles. The van der Waals surface area contributed by atoms with E-state index >= 15 is 0 Å². The minimum Gasteiger partial charge on any atom is -0.263 e. The van der Waals surface area contributed by atoms with Crippen molar-refractivity contribution in [2.45, 2.75) is 43.0 Å². The molecule has 1 aliphatic carbocycles. The normalized spacial score (nSPS) is 25.2. The Morgan fingerprint density at radius 1 is 1.20 bits per heavy atom. The van der Waals surface area contributed by atoms with Gasteiger partial charge in [-0.15, -0.1) is 23.2 Å². The van der Waals surface area contributed by atoms with Gasteiger partial charge in [-0.05, 0) is 26.0 Å². The van der Waals surface area contributed by atoms with E-state index < -0.39 is 20.6 Å². The van der Waals surface area contributed by atoms with Crippen molar-refractivity contribution in [3.63, 3.8) is 0 Å². The van der Waals surface area contributed by atoms with E-state index in [1.807, 2.05) is 20.8 Å². The monoisotopic (exact) mass is 336 g/mol. The molecule has 0 N–H and O–H groups in total. The maximum atomic E-state index is 12.2. The largest absolute Gasteiger partial charge is 0.297 e. The summed E-state index contributed by atoms with van der Waals surface area (Å²) in [5.74, 6) is -0.224. The zero-order chi connectivity index (χ0) is 15.3. The Balaban J connectivity index is 2.16. The Hall–Kier alpha value is -0.290. The standard InChI is InChI=1S/C14H18Cl2O3S/c1-9-5-7-11(8-6-9)20(17,18)19-10(2)12-13(3,4)14(12,15)16/h5-8,10,12H,1-4H3. The third-order valence-electron chi connectivity index (χ3n) is 4.00. The molecule has 20 heavy (non-hydrogen) atoms. The molecule has 1 saturated carbocycles. The number of hydrogen-bond donors (Lipinski definition) is 0. The quantitative estimate of drug-likeness (QED) is 0.618. The summed E-state index contributed by atoms with van der Waals surface area (Å²) in [6.45, 7) is 7.37. The van der Waals surface area contributed by atoms with Gasteiger partial charge >= 0.3 is 0 Å². The second-order valence-electron chi connectivity index (χ2n) is 5.89. The van der Waals surface area contributed by atoms with Crippen molar-refractivity contribution < 1.29 is 12.6 Å². The van der Waals surface area contributed by atoms with Crippen LogP contribution in [-0.2, 0) is 14.3 Å². The molecule has 0 amide bonds. The van der Waals surface area contributed by atoms with Gasteiger partial charge in [-0.25, -0.2) is 0 Å². The van der Waals surface area contributed by atoms with Gasteiger partial charge in [0.15, 0.2) is 0 Å². The second-order valence-corrected chi connectivity index (χ2v) is 8.85. The summed E-state index contributed by atoms with van der Waals surface area (Å²) in [6, 6.07) is 6.53. The van der Waals surface area contributed by atoms with Crippen LogP contribution in [-0.4, -0.2) is 18.9 Å². The van der Waals surface area contributed by atoms with Gasteiger partial charge in [-0.1, -0.05) is 31.5 Å². The van der Waals surface area contributed by atoms with Crippen LogP contribution in [0.25, 0.3) is 0 Å². The van der Waals surface area contributed by atoms with Crippen LogP contribution < -0.4 is 0 Å². The lowest BCUT2D eigenvalue weighted by Gasteiger charge is -2.14. The van der Waals surface area contributed by atoms with Crippen molar-refractivity contribution in [2.75, 3.05) is 0 Å². The zero-order valence-corrected chi connectivity index (χ0v) is 14.2. The van der Waals surface area contributed by atoms with Gasteiger partial charge in [0.1, 0.15) is 4.33 Å². The van der Waals surface area contributed by atoms with Crippen molar-refractivity contribution in [3.8, 4) is 0 Å². The van der Waals surface area contributed by atoms with Crippen LogP contribution in [0, 0.1) is 18.3 Å². The fraction of sp³-hybridized carbons (Fsp3) is 0.571. The first-order chi connectivity index (χ1) is 9.00. The van der Waals surface area contributed by atoms with Gasteiger partial charge < -0.3 is 0 Å². The molecule has 3 nitrogen and oxygen atoms in total. The highest BCUT2D eigenvalue weighted by Crippen LogP contribution is 2.70. The molecule has 0 spiro atoms. The van der Waals surface area contributed by atoms with Crippen molar-refractivity contribution in [1.82, 2.24) is 0 Å². The molecule has 1 fully saturated rings. The molecule has 0 aromatic heterocycles. The molecule has 112 valence electrons. The van der Waals surface area contributed by atoms with E-state index in [4.69, 9.17) is 27.4 Å². The van der Waals surface area contributed by atoms with Crippen molar-refractivity contribution in [3.05, 3.63) is 29.8 Å². The molecule has 0 heterocycles. The van der Waals surface area contributed by atoms with E-state index in [1.54, 1.807) is 19.1 Å². The van der Waals surface area contributed by atoms with Crippen molar-refractivity contribution in [1.29, 1.82) is 0 Å². The van der Waals surface area contributed by atoms with E-state index in [2.05, 4.69) is 0 Å². The van der Waals surface area contributed by atoms with Crippen LogP contribution in [0.3, 0.4) is 0 Å². The Kier molecular flexibility index (Phi) is 3.92. The average molecular weight is 337 g/mol. The maximum Gasteiger partial charge on any atom is 0.297 e. The van der Waals surface area contributed by atoms with E-state index in [0.717, 1.165) is 5.56 Å². The SMILES string of the molecule is Cc1ccc(S(=O)(=O)OC(C)C2C(C)(C)C2(Cl)Cl)cc1. The minimum atomic E-state index is -3.80.